The van der Waals surface area contributed by atoms with Crippen LogP contribution >= 0.6 is 11.8 Å². The van der Waals surface area contributed by atoms with Crippen molar-refractivity contribution in [3.63, 3.8) is 0 Å². The Morgan fingerprint density at radius 2 is 1.54 bits per heavy atom. The highest BCUT2D eigenvalue weighted by atomic mass is 32.2. The van der Waals surface area contributed by atoms with Gasteiger partial charge in [0.1, 0.15) is 24.2 Å². The average molecular weight is 391 g/mol. The molecule has 1 aliphatic rings. The summed E-state index contributed by atoms with van der Waals surface area (Å²) in [6.45, 7) is 6.70. The normalized spacial score (nSPS) is 28.0. The summed E-state index contributed by atoms with van der Waals surface area (Å²) in [4.78, 5) is 45.9. The third kappa shape index (κ3) is 6.83. The Morgan fingerprint density at radius 1 is 0.962 bits per heavy atom. The van der Waals surface area contributed by atoms with Crippen LogP contribution < -0.4 is 5.32 Å². The molecule has 148 valence electrons. The highest BCUT2D eigenvalue weighted by Gasteiger charge is 2.50. The van der Waals surface area contributed by atoms with Gasteiger partial charge in [-0.3, -0.25) is 19.2 Å². The zero-order valence-electron chi connectivity index (χ0n) is 15.5. The molecule has 5 unspecified atom stereocenters. The molecule has 10 heteroatoms. The van der Waals surface area contributed by atoms with E-state index in [4.69, 9.17) is 18.9 Å². The molecule has 1 heterocycles. The van der Waals surface area contributed by atoms with Crippen molar-refractivity contribution in [2.45, 2.75) is 64.4 Å². The quantitative estimate of drug-likeness (QED) is 0.486. The molecule has 1 aliphatic heterocycles. The van der Waals surface area contributed by atoms with Gasteiger partial charge in [-0.15, -0.1) is 11.8 Å². The first kappa shape index (κ1) is 22.2. The van der Waals surface area contributed by atoms with Gasteiger partial charge in [0.05, 0.1) is 0 Å². The molecule has 5 atom stereocenters. The molecular weight excluding hydrogens is 366 g/mol. The van der Waals surface area contributed by atoms with Crippen molar-refractivity contribution in [3.05, 3.63) is 0 Å². The van der Waals surface area contributed by atoms with Gasteiger partial charge in [0, 0.05) is 27.7 Å². The molecule has 0 saturated carbocycles. The molecule has 1 N–H and O–H groups in total. The highest BCUT2D eigenvalue weighted by Crippen LogP contribution is 2.32. The van der Waals surface area contributed by atoms with Crippen LogP contribution in [0.5, 0.6) is 0 Å². The summed E-state index contributed by atoms with van der Waals surface area (Å²) in [5.74, 6) is -1.44. The number of hydrogen-bond acceptors (Lipinski definition) is 9. The van der Waals surface area contributed by atoms with E-state index in [9.17, 15) is 19.2 Å². The lowest BCUT2D eigenvalue weighted by molar-refractivity contribution is -0.211. The molecule has 0 aliphatic carbocycles. The molecule has 1 amide bonds. The largest absolute Gasteiger partial charge is 0.463 e. The second-order valence-corrected chi connectivity index (χ2v) is 7.05. The minimum atomic E-state index is -1.04. The molecule has 1 fully saturated rings. The number of thioether (sulfide) groups is 1. The van der Waals surface area contributed by atoms with Gasteiger partial charge in [-0.25, -0.2) is 0 Å². The van der Waals surface area contributed by atoms with Crippen molar-refractivity contribution in [1.29, 1.82) is 0 Å². The maximum absolute atomic E-state index is 11.6. The molecule has 0 aromatic carbocycles. The fraction of sp³-hybridized carbons (Fsp3) is 0.750. The molecular formula is C16H25NO8S. The van der Waals surface area contributed by atoms with Crippen LogP contribution in [0.4, 0.5) is 0 Å². The lowest BCUT2D eigenvalue weighted by Crippen LogP contribution is -2.65. The molecule has 0 aromatic heterocycles. The minimum absolute atomic E-state index is 0.182. The maximum atomic E-state index is 11.6. The van der Waals surface area contributed by atoms with Crippen molar-refractivity contribution in [3.8, 4) is 0 Å². The zero-order chi connectivity index (χ0) is 19.9. The van der Waals surface area contributed by atoms with Crippen LogP contribution in [-0.4, -0.2) is 66.0 Å². The number of carbonyl (C=O) groups excluding carboxylic acids is 4. The number of carbonyl (C=O) groups is 4. The summed E-state index contributed by atoms with van der Waals surface area (Å²) >= 11 is 1.38. The molecule has 26 heavy (non-hydrogen) atoms. The summed E-state index contributed by atoms with van der Waals surface area (Å²) in [5, 5.41) is 2.70. The monoisotopic (exact) mass is 391 g/mol. The fourth-order valence-electron chi connectivity index (χ4n) is 2.60. The Balaban J connectivity index is 3.22. The van der Waals surface area contributed by atoms with Gasteiger partial charge in [0.25, 0.3) is 0 Å². The summed E-state index contributed by atoms with van der Waals surface area (Å²) in [6.07, 6.45) is -2.87. The first-order valence-corrected chi connectivity index (χ1v) is 9.22. The predicted molar refractivity (Wildman–Crippen MR) is 92.1 cm³/mol. The number of hydrogen-bond donors (Lipinski definition) is 1. The first-order valence-electron chi connectivity index (χ1n) is 8.17. The maximum Gasteiger partial charge on any atom is 0.303 e. The molecule has 0 spiro atoms. The summed E-state index contributed by atoms with van der Waals surface area (Å²) in [6, 6.07) is -0.737. The van der Waals surface area contributed by atoms with E-state index in [-0.39, 0.29) is 12.5 Å². The van der Waals surface area contributed by atoms with Crippen LogP contribution in [0.25, 0.3) is 0 Å². The van der Waals surface area contributed by atoms with E-state index in [2.05, 4.69) is 5.32 Å². The number of ether oxygens (including phenoxy) is 4. The molecule has 0 radical (unpaired) electrons. The number of nitrogens with one attached hydrogen (secondary N) is 1. The van der Waals surface area contributed by atoms with Crippen LogP contribution in [0.1, 0.15) is 34.6 Å². The van der Waals surface area contributed by atoms with Gasteiger partial charge in [-0.2, -0.15) is 0 Å². The van der Waals surface area contributed by atoms with Crippen molar-refractivity contribution < 1.29 is 38.1 Å². The Hall–Kier alpha value is -1.81. The van der Waals surface area contributed by atoms with E-state index >= 15 is 0 Å². The molecule has 1 saturated heterocycles. The fourth-order valence-corrected chi connectivity index (χ4v) is 3.58. The van der Waals surface area contributed by atoms with Crippen molar-refractivity contribution in [2.24, 2.45) is 0 Å². The van der Waals surface area contributed by atoms with Crippen LogP contribution in [0.3, 0.4) is 0 Å². The van der Waals surface area contributed by atoms with Crippen LogP contribution in [-0.2, 0) is 38.1 Å². The Bertz CT molecular complexity index is 540. The van der Waals surface area contributed by atoms with E-state index in [1.165, 1.54) is 39.5 Å². The van der Waals surface area contributed by atoms with Crippen LogP contribution in [0.15, 0.2) is 0 Å². The predicted octanol–water partition coefficient (Wildman–Crippen LogP) is 0.396. The smallest absolute Gasteiger partial charge is 0.303 e. The van der Waals surface area contributed by atoms with Gasteiger partial charge in [0.15, 0.2) is 12.2 Å². The average Bonchev–Trinajstić information content (AvgIpc) is 2.50. The molecule has 9 nitrogen and oxygen atoms in total. The lowest BCUT2D eigenvalue weighted by atomic mass is 9.97. The molecule has 1 rings (SSSR count). The zero-order valence-corrected chi connectivity index (χ0v) is 16.3. The van der Waals surface area contributed by atoms with E-state index < -0.39 is 47.7 Å². The van der Waals surface area contributed by atoms with Gasteiger partial charge in [0.2, 0.25) is 5.91 Å². The highest BCUT2D eigenvalue weighted by molar-refractivity contribution is 7.99. The van der Waals surface area contributed by atoms with E-state index in [1.54, 1.807) is 0 Å². The van der Waals surface area contributed by atoms with Crippen molar-refractivity contribution in [1.82, 2.24) is 5.32 Å². The standard InChI is InChI=1S/C16H25NO8S/c1-6-26-16-13(17-8(2)18)15(24-11(5)21)14(23-10(4)20)12(25-16)7-22-9(3)19/h12-16H,6-7H2,1-5H3,(H,17,18). The second-order valence-electron chi connectivity index (χ2n) is 5.68. The van der Waals surface area contributed by atoms with Gasteiger partial charge in [-0.05, 0) is 5.75 Å². The van der Waals surface area contributed by atoms with Crippen LogP contribution in [0.2, 0.25) is 0 Å². The van der Waals surface area contributed by atoms with Crippen LogP contribution in [0, 0.1) is 0 Å². The van der Waals surface area contributed by atoms with E-state index in [0.717, 1.165) is 0 Å². The number of esters is 3. The van der Waals surface area contributed by atoms with Crippen molar-refractivity contribution >= 4 is 35.6 Å². The van der Waals surface area contributed by atoms with Crippen molar-refractivity contribution in [2.75, 3.05) is 12.4 Å². The van der Waals surface area contributed by atoms with E-state index in [1.807, 2.05) is 6.92 Å². The number of amides is 1. The summed E-state index contributed by atoms with van der Waals surface area (Å²) in [5.41, 5.74) is -0.583. The third-order valence-corrected chi connectivity index (χ3v) is 4.47. The second kappa shape index (κ2) is 10.4. The molecule has 0 bridgehead atoms. The van der Waals surface area contributed by atoms with E-state index in [0.29, 0.717) is 5.75 Å². The molecule has 0 aromatic rings. The van der Waals surface area contributed by atoms with Gasteiger partial charge < -0.3 is 24.3 Å². The Morgan fingerprint density at radius 3 is 2.00 bits per heavy atom. The Labute approximate surface area is 156 Å². The lowest BCUT2D eigenvalue weighted by Gasteiger charge is -2.45. The topological polar surface area (TPSA) is 117 Å². The summed E-state index contributed by atoms with van der Waals surface area (Å²) < 4.78 is 21.6. The minimum Gasteiger partial charge on any atom is -0.463 e. The first-order chi connectivity index (χ1) is 12.1. The third-order valence-electron chi connectivity index (χ3n) is 3.40. The number of rotatable bonds is 7. The Kier molecular flexibility index (Phi) is 8.86. The summed E-state index contributed by atoms with van der Waals surface area (Å²) in [7, 11) is 0. The van der Waals surface area contributed by atoms with Gasteiger partial charge in [-0.1, -0.05) is 6.92 Å². The van der Waals surface area contributed by atoms with Gasteiger partial charge >= 0.3 is 17.9 Å². The SMILES string of the molecule is CCSC1OC(COC(C)=O)C(OC(C)=O)C(OC(C)=O)C1NC(C)=O.